The summed E-state index contributed by atoms with van der Waals surface area (Å²) in [7, 11) is 0. The molecule has 0 heterocycles. The van der Waals surface area contributed by atoms with Gasteiger partial charge in [0.2, 0.25) is 17.7 Å². The first-order chi connectivity index (χ1) is 11.6. The molecular weight excluding hydrogens is 316 g/mol. The highest BCUT2D eigenvalue weighted by Crippen LogP contribution is 1.79. The van der Waals surface area contributed by atoms with Crippen molar-refractivity contribution in [3.63, 3.8) is 0 Å². The van der Waals surface area contributed by atoms with Crippen LogP contribution in [0.15, 0.2) is 0 Å². The van der Waals surface area contributed by atoms with Crippen LogP contribution < -0.4 is 32.3 Å². The first kappa shape index (κ1) is 22.0. The topological polar surface area (TPSA) is 154 Å². The highest BCUT2D eigenvalue weighted by atomic mass is 16.2. The minimum Gasteiger partial charge on any atom is -0.354 e. The van der Waals surface area contributed by atoms with Crippen molar-refractivity contribution in [2.75, 3.05) is 52.4 Å². The van der Waals surface area contributed by atoms with Crippen LogP contribution in [0.2, 0.25) is 0 Å². The van der Waals surface area contributed by atoms with Crippen LogP contribution in [0.4, 0.5) is 0 Å². The molecule has 0 aromatic rings. The summed E-state index contributed by atoms with van der Waals surface area (Å²) in [5.41, 5.74) is 5.31. The molecule has 0 aromatic carbocycles. The Bertz CT molecular complexity index is 391. The summed E-state index contributed by atoms with van der Waals surface area (Å²) >= 11 is 0. The molecule has 0 aromatic heterocycles. The van der Waals surface area contributed by atoms with E-state index in [9.17, 15) is 19.2 Å². The summed E-state index contributed by atoms with van der Waals surface area (Å²) in [4.78, 5) is 44.0. The Morgan fingerprint density at radius 3 is 1.62 bits per heavy atom. The average molecular weight is 344 g/mol. The quantitative estimate of drug-likeness (QED) is 0.102. The molecule has 0 saturated heterocycles. The van der Waals surface area contributed by atoms with Crippen molar-refractivity contribution < 1.29 is 19.2 Å². The van der Waals surface area contributed by atoms with Crippen LogP contribution in [0, 0.1) is 0 Å². The third-order valence-corrected chi connectivity index (χ3v) is 2.78. The lowest BCUT2D eigenvalue weighted by atomic mass is 10.3. The van der Waals surface area contributed by atoms with Gasteiger partial charge in [-0.05, 0) is 0 Å². The van der Waals surface area contributed by atoms with Crippen LogP contribution in [0.1, 0.15) is 12.8 Å². The number of rotatable bonds is 15. The minimum absolute atomic E-state index is 0.138. The van der Waals surface area contributed by atoms with E-state index < -0.39 is 0 Å². The Balaban J connectivity index is 3.44. The summed E-state index contributed by atoms with van der Waals surface area (Å²) in [6.45, 7) is 4.10. The zero-order valence-electron chi connectivity index (χ0n) is 13.9. The fraction of sp³-hybridized carbons (Fsp3) is 0.714. The Labute approximate surface area is 141 Å². The third kappa shape index (κ3) is 14.9. The van der Waals surface area contributed by atoms with Crippen LogP contribution in [0.25, 0.3) is 0 Å². The number of aldehydes is 1. The zero-order valence-corrected chi connectivity index (χ0v) is 13.9. The number of carbonyl (C=O) groups excluding carboxylic acids is 4. The van der Waals surface area contributed by atoms with E-state index in [1.807, 2.05) is 0 Å². The van der Waals surface area contributed by atoms with Crippen molar-refractivity contribution in [3.8, 4) is 0 Å². The zero-order chi connectivity index (χ0) is 18.0. The lowest BCUT2D eigenvalue weighted by Crippen LogP contribution is -2.39. The molecule has 10 heteroatoms. The average Bonchev–Trinajstić information content (AvgIpc) is 2.54. The predicted octanol–water partition coefficient (Wildman–Crippen LogP) is -3.55. The summed E-state index contributed by atoms with van der Waals surface area (Å²) in [6.07, 6.45) is 0.199. The Kier molecular flexibility index (Phi) is 14.5. The van der Waals surface area contributed by atoms with E-state index in [0.29, 0.717) is 58.6 Å². The molecule has 0 saturated carbocycles. The van der Waals surface area contributed by atoms with E-state index in [2.05, 4.69) is 26.6 Å². The molecule has 0 spiro atoms. The maximum Gasteiger partial charge on any atom is 0.229 e. The molecule has 7 N–H and O–H groups in total. The van der Waals surface area contributed by atoms with Crippen LogP contribution in [0.5, 0.6) is 0 Å². The number of amides is 3. The number of nitrogens with two attached hydrogens (primary N) is 1. The monoisotopic (exact) mass is 344 g/mol. The lowest BCUT2D eigenvalue weighted by Gasteiger charge is -2.08. The molecule has 0 atom stereocenters. The van der Waals surface area contributed by atoms with Gasteiger partial charge in [-0.15, -0.1) is 0 Å². The number of hydrogen-bond donors (Lipinski definition) is 6. The van der Waals surface area contributed by atoms with Crippen LogP contribution in [-0.2, 0) is 19.2 Å². The van der Waals surface area contributed by atoms with Gasteiger partial charge in [0.05, 0.1) is 6.42 Å². The molecule has 0 radical (unpaired) electrons. The molecule has 10 nitrogen and oxygen atoms in total. The molecule has 0 fully saturated rings. The van der Waals surface area contributed by atoms with E-state index in [0.717, 1.165) is 0 Å². The van der Waals surface area contributed by atoms with Crippen LogP contribution in [0.3, 0.4) is 0 Å². The second kappa shape index (κ2) is 15.8. The fourth-order valence-corrected chi connectivity index (χ4v) is 1.64. The van der Waals surface area contributed by atoms with Gasteiger partial charge in [0.25, 0.3) is 0 Å². The number of carbonyl (C=O) groups is 4. The van der Waals surface area contributed by atoms with Crippen molar-refractivity contribution in [2.24, 2.45) is 5.73 Å². The van der Waals surface area contributed by atoms with Crippen molar-refractivity contribution in [2.45, 2.75) is 12.8 Å². The van der Waals surface area contributed by atoms with Gasteiger partial charge in [-0.1, -0.05) is 0 Å². The lowest BCUT2D eigenvalue weighted by molar-refractivity contribution is -0.129. The highest BCUT2D eigenvalue weighted by Gasteiger charge is 2.07. The first-order valence-corrected chi connectivity index (χ1v) is 7.95. The van der Waals surface area contributed by atoms with Gasteiger partial charge < -0.3 is 37.1 Å². The normalized spacial score (nSPS) is 10.0. The van der Waals surface area contributed by atoms with Gasteiger partial charge in [-0.3, -0.25) is 14.4 Å². The Hall–Kier alpha value is -2.04. The van der Waals surface area contributed by atoms with Crippen molar-refractivity contribution in [1.29, 1.82) is 0 Å². The fourth-order valence-electron chi connectivity index (χ4n) is 1.64. The standard InChI is InChI=1S/C14H28N6O4/c15-2-3-16-4-8-19-13(23)11-14(24)20-9-6-17-5-7-18-12(22)1-10-21/h10,16-17H,1-9,11,15H2,(H,18,22)(H,19,23)(H,20,24). The molecule has 0 aliphatic rings. The Morgan fingerprint density at radius 1 is 0.708 bits per heavy atom. The molecule has 0 aliphatic heterocycles. The summed E-state index contributed by atoms with van der Waals surface area (Å²) in [5, 5.41) is 13.8. The molecule has 138 valence electrons. The van der Waals surface area contributed by atoms with Gasteiger partial charge in [-0.25, -0.2) is 0 Å². The van der Waals surface area contributed by atoms with Crippen molar-refractivity contribution in [1.82, 2.24) is 26.6 Å². The first-order valence-electron chi connectivity index (χ1n) is 7.95. The van der Waals surface area contributed by atoms with Crippen molar-refractivity contribution in [3.05, 3.63) is 0 Å². The SMILES string of the molecule is NCCNCCNC(=O)CC(=O)NCCNCCNC(=O)CC=O. The molecule has 0 aliphatic carbocycles. The number of hydrogen-bond acceptors (Lipinski definition) is 7. The summed E-state index contributed by atoms with van der Waals surface area (Å²) in [5.74, 6) is -0.985. The Morgan fingerprint density at radius 2 is 1.17 bits per heavy atom. The maximum atomic E-state index is 11.5. The van der Waals surface area contributed by atoms with Gasteiger partial charge in [0.1, 0.15) is 12.7 Å². The summed E-state index contributed by atoms with van der Waals surface area (Å²) in [6, 6.07) is 0. The maximum absolute atomic E-state index is 11.5. The minimum atomic E-state index is -0.344. The molecule has 3 amide bonds. The van der Waals surface area contributed by atoms with E-state index in [-0.39, 0.29) is 30.6 Å². The second-order valence-corrected chi connectivity index (χ2v) is 4.89. The van der Waals surface area contributed by atoms with E-state index in [4.69, 9.17) is 5.73 Å². The molecule has 0 bridgehead atoms. The molecular formula is C14H28N6O4. The third-order valence-electron chi connectivity index (χ3n) is 2.78. The van der Waals surface area contributed by atoms with Gasteiger partial charge >= 0.3 is 0 Å². The van der Waals surface area contributed by atoms with E-state index in [1.165, 1.54) is 0 Å². The smallest absolute Gasteiger partial charge is 0.229 e. The predicted molar refractivity (Wildman–Crippen MR) is 89.1 cm³/mol. The largest absolute Gasteiger partial charge is 0.354 e. The second-order valence-electron chi connectivity index (χ2n) is 4.89. The number of nitrogens with one attached hydrogen (secondary N) is 5. The van der Waals surface area contributed by atoms with Gasteiger partial charge in [0.15, 0.2) is 0 Å². The summed E-state index contributed by atoms with van der Waals surface area (Å²) < 4.78 is 0. The molecule has 24 heavy (non-hydrogen) atoms. The van der Waals surface area contributed by atoms with Gasteiger partial charge in [-0.2, -0.15) is 0 Å². The molecule has 0 unspecified atom stereocenters. The van der Waals surface area contributed by atoms with Crippen LogP contribution in [-0.4, -0.2) is 76.4 Å². The van der Waals surface area contributed by atoms with Crippen LogP contribution >= 0.6 is 0 Å². The van der Waals surface area contributed by atoms with Gasteiger partial charge in [0, 0.05) is 52.4 Å². The van der Waals surface area contributed by atoms with E-state index in [1.54, 1.807) is 0 Å². The van der Waals surface area contributed by atoms with Crippen molar-refractivity contribution >= 4 is 24.0 Å². The van der Waals surface area contributed by atoms with E-state index >= 15 is 0 Å². The highest BCUT2D eigenvalue weighted by molar-refractivity contribution is 5.96. The molecule has 0 rings (SSSR count).